The number of methoxy groups -OCH3 is 1. The number of ether oxygens (including phenoxy) is 1. The zero-order valence-corrected chi connectivity index (χ0v) is 24.1. The molecule has 1 heterocycles. The minimum atomic E-state index is -0.243. The number of esters is 1. The van der Waals surface area contributed by atoms with E-state index >= 15 is 0 Å². The zero-order chi connectivity index (χ0) is 24.5. The highest BCUT2D eigenvalue weighted by Crippen LogP contribution is 2.41. The van der Waals surface area contributed by atoms with Gasteiger partial charge in [-0.2, -0.15) is 0 Å². The van der Waals surface area contributed by atoms with E-state index < -0.39 is 0 Å². The summed E-state index contributed by atoms with van der Waals surface area (Å²) in [6.07, 6.45) is 0.792. The molecule has 6 nitrogen and oxygen atoms in total. The molecular formula is C26H28Br2ClN3O3. The molecule has 186 valence electrons. The summed E-state index contributed by atoms with van der Waals surface area (Å²) >= 11 is 9.80. The molecular weight excluding hydrogens is 598 g/mol. The highest BCUT2D eigenvalue weighted by atomic mass is 79.9. The first kappa shape index (κ1) is 27.5. The second-order valence-electron chi connectivity index (χ2n) is 9.15. The van der Waals surface area contributed by atoms with Gasteiger partial charge in [0, 0.05) is 38.1 Å². The minimum absolute atomic E-state index is 0. The lowest BCUT2D eigenvalue weighted by Gasteiger charge is -2.27. The summed E-state index contributed by atoms with van der Waals surface area (Å²) in [5.74, 6) is -0.243. The van der Waals surface area contributed by atoms with E-state index in [2.05, 4.69) is 44.3 Å². The van der Waals surface area contributed by atoms with Crippen molar-refractivity contribution in [3.63, 3.8) is 0 Å². The van der Waals surface area contributed by atoms with Crippen LogP contribution in [0.25, 0.3) is 22.0 Å². The Kier molecular flexibility index (Phi) is 8.86. The normalized spacial score (nSPS) is 13.6. The standard InChI is InChI=1S/C26H28BrClN3O3.BrH/c1-16(30-34-10-9-31(2,3)15-25(32)33-4)26-21-7-5-19(27)11-17(21)13-22(26)24-14-18-12-20(28)6-8-23(18)29-24;/h5-8,11-12,14,29H,9-10,13,15H2,1-4H3;1H/q+1;/p-1/b30-16+;. The molecule has 3 aromatic rings. The van der Waals surface area contributed by atoms with Gasteiger partial charge in [0.2, 0.25) is 0 Å². The van der Waals surface area contributed by atoms with Crippen molar-refractivity contribution in [1.82, 2.24) is 4.98 Å². The molecule has 35 heavy (non-hydrogen) atoms. The fraction of sp³-hybridized carbons (Fsp3) is 0.308. The summed E-state index contributed by atoms with van der Waals surface area (Å²) in [4.78, 5) is 20.9. The lowest BCUT2D eigenvalue weighted by atomic mass is 10.0. The number of quaternary nitrogens is 1. The van der Waals surface area contributed by atoms with E-state index in [1.165, 1.54) is 18.2 Å². The average Bonchev–Trinajstić information content (AvgIpc) is 3.36. The van der Waals surface area contributed by atoms with Crippen molar-refractivity contribution in [1.29, 1.82) is 0 Å². The molecule has 1 aliphatic rings. The summed E-state index contributed by atoms with van der Waals surface area (Å²) in [6.45, 7) is 3.27. The Morgan fingerprint density at radius 1 is 1.20 bits per heavy atom. The number of fused-ring (bicyclic) bond motifs is 2. The summed E-state index contributed by atoms with van der Waals surface area (Å²) in [5.41, 5.74) is 7.54. The first-order chi connectivity index (χ1) is 16.2. The summed E-state index contributed by atoms with van der Waals surface area (Å²) in [7, 11) is 5.33. The van der Waals surface area contributed by atoms with Crippen molar-refractivity contribution in [2.45, 2.75) is 13.3 Å². The maximum atomic E-state index is 11.6. The number of H-pyrrole nitrogens is 1. The Morgan fingerprint density at radius 3 is 2.71 bits per heavy atom. The molecule has 0 bridgehead atoms. The zero-order valence-electron chi connectivity index (χ0n) is 20.1. The van der Waals surface area contributed by atoms with Crippen molar-refractivity contribution in [2.75, 3.05) is 40.9 Å². The van der Waals surface area contributed by atoms with Crippen LogP contribution in [0.4, 0.5) is 0 Å². The SMILES string of the molecule is COC(=O)C[N+](C)(C)CCO/N=C(\C)C1=C(c2cc3cc(Cl)ccc3[nH]2)Cc2cc(Br)ccc21.[Br-]. The number of nitrogens with zero attached hydrogens (tertiary/aromatic N) is 2. The largest absolute Gasteiger partial charge is 1.00 e. The van der Waals surface area contributed by atoms with E-state index in [0.29, 0.717) is 22.7 Å². The predicted octanol–water partition coefficient (Wildman–Crippen LogP) is 2.70. The summed E-state index contributed by atoms with van der Waals surface area (Å²) in [5, 5.41) is 6.25. The molecule has 0 unspecified atom stereocenters. The predicted molar refractivity (Wildman–Crippen MR) is 141 cm³/mol. The van der Waals surface area contributed by atoms with Crippen LogP contribution in [0.5, 0.6) is 0 Å². The third kappa shape index (κ3) is 6.36. The molecule has 0 amide bonds. The van der Waals surface area contributed by atoms with Gasteiger partial charge < -0.3 is 36.0 Å². The Morgan fingerprint density at radius 2 is 1.97 bits per heavy atom. The van der Waals surface area contributed by atoms with E-state index in [0.717, 1.165) is 44.3 Å². The number of aromatic amines is 1. The van der Waals surface area contributed by atoms with Gasteiger partial charge in [0.25, 0.3) is 0 Å². The van der Waals surface area contributed by atoms with Crippen LogP contribution in [0.15, 0.2) is 52.1 Å². The number of rotatable bonds is 8. The van der Waals surface area contributed by atoms with Crippen molar-refractivity contribution in [2.24, 2.45) is 5.16 Å². The fourth-order valence-electron chi connectivity index (χ4n) is 4.27. The number of allylic oxidation sites excluding steroid dienone is 2. The number of carbonyl (C=O) groups excluding carboxylic acids is 1. The van der Waals surface area contributed by atoms with Gasteiger partial charge in [-0.3, -0.25) is 0 Å². The second-order valence-corrected chi connectivity index (χ2v) is 10.5. The first-order valence-corrected chi connectivity index (χ1v) is 12.2. The molecule has 0 atom stereocenters. The first-order valence-electron chi connectivity index (χ1n) is 11.0. The molecule has 0 spiro atoms. The van der Waals surface area contributed by atoms with Crippen LogP contribution >= 0.6 is 27.5 Å². The summed E-state index contributed by atoms with van der Waals surface area (Å²) in [6, 6.07) is 14.3. The number of benzene rings is 2. The minimum Gasteiger partial charge on any atom is -1.00 e. The third-order valence-electron chi connectivity index (χ3n) is 6.05. The maximum absolute atomic E-state index is 11.6. The number of oxime groups is 1. The van der Waals surface area contributed by atoms with Gasteiger partial charge in [0.1, 0.15) is 6.54 Å². The quantitative estimate of drug-likeness (QED) is 0.138. The lowest BCUT2D eigenvalue weighted by Crippen LogP contribution is -3.00. The molecule has 1 aliphatic carbocycles. The van der Waals surface area contributed by atoms with Crippen LogP contribution in [-0.4, -0.2) is 62.0 Å². The van der Waals surface area contributed by atoms with Crippen molar-refractivity contribution >= 4 is 61.3 Å². The van der Waals surface area contributed by atoms with Crippen molar-refractivity contribution < 1.29 is 35.8 Å². The molecule has 1 aromatic heterocycles. The number of carbonyl (C=O) groups is 1. The van der Waals surface area contributed by atoms with E-state index in [-0.39, 0.29) is 29.5 Å². The molecule has 0 fully saturated rings. The van der Waals surface area contributed by atoms with Gasteiger partial charge in [-0.15, -0.1) is 0 Å². The van der Waals surface area contributed by atoms with E-state index in [4.69, 9.17) is 21.2 Å². The Hall–Kier alpha value is -2.13. The second kappa shape index (κ2) is 11.3. The van der Waals surface area contributed by atoms with Crippen LogP contribution in [0.1, 0.15) is 23.7 Å². The molecule has 0 radical (unpaired) electrons. The smallest absolute Gasteiger partial charge is 0.361 e. The van der Waals surface area contributed by atoms with Gasteiger partial charge in [-0.05, 0) is 60.0 Å². The highest BCUT2D eigenvalue weighted by Gasteiger charge is 2.26. The van der Waals surface area contributed by atoms with E-state index in [1.807, 2.05) is 45.3 Å². The maximum Gasteiger partial charge on any atom is 0.361 e. The van der Waals surface area contributed by atoms with Crippen LogP contribution < -0.4 is 17.0 Å². The fourth-order valence-corrected chi connectivity index (χ4v) is 4.86. The van der Waals surface area contributed by atoms with E-state index in [1.54, 1.807) is 0 Å². The topological polar surface area (TPSA) is 63.7 Å². The van der Waals surface area contributed by atoms with Gasteiger partial charge in [0.15, 0.2) is 13.2 Å². The van der Waals surface area contributed by atoms with Gasteiger partial charge >= 0.3 is 5.97 Å². The number of hydrogen-bond donors (Lipinski definition) is 1. The number of nitrogens with one attached hydrogen (secondary N) is 1. The Labute approximate surface area is 229 Å². The lowest BCUT2D eigenvalue weighted by molar-refractivity contribution is -0.883. The molecule has 2 aromatic carbocycles. The van der Waals surface area contributed by atoms with Crippen LogP contribution in [0, 0.1) is 0 Å². The Balaban J connectivity index is 0.00000342. The number of hydrogen-bond acceptors (Lipinski definition) is 4. The molecule has 0 saturated carbocycles. The van der Waals surface area contributed by atoms with Gasteiger partial charge in [-0.25, -0.2) is 4.79 Å². The average molecular weight is 626 g/mol. The van der Waals surface area contributed by atoms with E-state index in [9.17, 15) is 4.79 Å². The van der Waals surface area contributed by atoms with Gasteiger partial charge in [0.05, 0.1) is 26.9 Å². The molecule has 4 rings (SSSR count). The molecule has 9 heteroatoms. The Bertz CT molecular complexity index is 1310. The monoisotopic (exact) mass is 623 g/mol. The number of aromatic nitrogens is 1. The number of halogens is 3. The van der Waals surface area contributed by atoms with Crippen LogP contribution in [-0.2, 0) is 20.8 Å². The molecule has 1 N–H and O–H groups in total. The van der Waals surface area contributed by atoms with Gasteiger partial charge in [-0.1, -0.05) is 38.8 Å². The van der Waals surface area contributed by atoms with Crippen LogP contribution in [0.2, 0.25) is 5.02 Å². The highest BCUT2D eigenvalue weighted by molar-refractivity contribution is 9.10. The van der Waals surface area contributed by atoms with Crippen LogP contribution in [0.3, 0.4) is 0 Å². The third-order valence-corrected chi connectivity index (χ3v) is 6.78. The molecule has 0 aliphatic heterocycles. The molecule has 0 saturated heterocycles. The van der Waals surface area contributed by atoms with Crippen molar-refractivity contribution in [3.05, 3.63) is 68.8 Å². The van der Waals surface area contributed by atoms with Crippen molar-refractivity contribution in [3.8, 4) is 0 Å². The number of likely N-dealkylation sites (N-methyl/N-ethyl adjacent to an activating group) is 1. The summed E-state index contributed by atoms with van der Waals surface area (Å²) < 4.78 is 6.29.